The van der Waals surface area contributed by atoms with Gasteiger partial charge in [0.25, 0.3) is 5.92 Å². The third-order valence-electron chi connectivity index (χ3n) is 7.45. The molecular formula is C27H31F5N4O. The quantitative estimate of drug-likeness (QED) is 0.351. The second kappa shape index (κ2) is 10.2. The van der Waals surface area contributed by atoms with Crippen LogP contribution >= 0.6 is 0 Å². The van der Waals surface area contributed by atoms with Gasteiger partial charge >= 0.3 is 0 Å². The molecule has 2 aliphatic rings. The molecule has 1 saturated heterocycles. The first-order valence-electron chi connectivity index (χ1n) is 12.6. The lowest BCUT2D eigenvalue weighted by atomic mass is 9.88. The van der Waals surface area contributed by atoms with Gasteiger partial charge in [0.2, 0.25) is 0 Å². The first-order valence-corrected chi connectivity index (χ1v) is 12.6. The third kappa shape index (κ3) is 5.19. The van der Waals surface area contributed by atoms with E-state index in [1.54, 1.807) is 25.1 Å². The predicted molar refractivity (Wildman–Crippen MR) is 133 cm³/mol. The minimum absolute atomic E-state index is 0.120. The molecule has 3 N–H and O–H groups in total. The van der Waals surface area contributed by atoms with Crippen molar-refractivity contribution in [2.24, 2.45) is 0 Å². The monoisotopic (exact) mass is 522 g/mol. The number of hydrogen-bond donors (Lipinski definition) is 3. The van der Waals surface area contributed by atoms with Gasteiger partial charge in [0.15, 0.2) is 0 Å². The summed E-state index contributed by atoms with van der Waals surface area (Å²) in [7, 11) is 0. The molecule has 1 fully saturated rings. The van der Waals surface area contributed by atoms with Crippen LogP contribution in [-0.4, -0.2) is 77.4 Å². The largest absolute Gasteiger partial charge is 0.390 e. The zero-order chi connectivity index (χ0) is 26.3. The van der Waals surface area contributed by atoms with Crippen LogP contribution in [0, 0.1) is 11.6 Å². The molecule has 2 atom stereocenters. The highest BCUT2D eigenvalue weighted by molar-refractivity contribution is 5.85. The number of likely N-dealkylation sites (tertiary alicyclic amines) is 1. The van der Waals surface area contributed by atoms with Crippen molar-refractivity contribution in [2.45, 2.75) is 43.8 Å². The number of aromatic nitrogens is 1. The van der Waals surface area contributed by atoms with Gasteiger partial charge in [-0.05, 0) is 55.7 Å². The van der Waals surface area contributed by atoms with Gasteiger partial charge in [0, 0.05) is 53.5 Å². The molecule has 2 aromatic carbocycles. The molecule has 0 bridgehead atoms. The van der Waals surface area contributed by atoms with Crippen LogP contribution < -0.4 is 5.32 Å². The molecule has 37 heavy (non-hydrogen) atoms. The summed E-state index contributed by atoms with van der Waals surface area (Å²) in [5.41, 5.74) is 2.78. The number of anilines is 1. The molecule has 3 heterocycles. The Hall–Kier alpha value is -2.69. The number of nitrogens with one attached hydrogen (secondary N) is 2. The zero-order valence-corrected chi connectivity index (χ0v) is 20.6. The van der Waals surface area contributed by atoms with Crippen LogP contribution in [0.4, 0.5) is 27.6 Å². The van der Waals surface area contributed by atoms with E-state index in [0.29, 0.717) is 41.7 Å². The van der Waals surface area contributed by atoms with E-state index in [1.165, 1.54) is 23.1 Å². The van der Waals surface area contributed by atoms with Crippen molar-refractivity contribution >= 4 is 16.6 Å². The number of H-pyrrole nitrogens is 1. The van der Waals surface area contributed by atoms with Gasteiger partial charge < -0.3 is 15.4 Å². The van der Waals surface area contributed by atoms with Crippen molar-refractivity contribution in [3.8, 4) is 0 Å². The summed E-state index contributed by atoms with van der Waals surface area (Å²) in [5.74, 6) is -4.34. The third-order valence-corrected chi connectivity index (χ3v) is 7.45. The van der Waals surface area contributed by atoms with Crippen molar-refractivity contribution in [1.82, 2.24) is 14.8 Å². The lowest BCUT2D eigenvalue weighted by Gasteiger charge is -2.42. The van der Waals surface area contributed by atoms with Gasteiger partial charge in [-0.3, -0.25) is 14.2 Å². The van der Waals surface area contributed by atoms with E-state index in [0.717, 1.165) is 18.7 Å². The summed E-state index contributed by atoms with van der Waals surface area (Å²) < 4.78 is 70.9. The molecule has 5 nitrogen and oxygen atoms in total. The number of aliphatic hydroxyl groups excluding tert-OH is 1. The summed E-state index contributed by atoms with van der Waals surface area (Å²) in [6.45, 7) is 1.52. The highest BCUT2D eigenvalue weighted by Crippen LogP contribution is 2.43. The van der Waals surface area contributed by atoms with Crippen LogP contribution in [0.3, 0.4) is 0 Å². The number of fused-ring (bicyclic) bond motifs is 3. The molecule has 10 heteroatoms. The Morgan fingerprint density at radius 2 is 1.92 bits per heavy atom. The minimum Gasteiger partial charge on any atom is -0.390 e. The normalized spacial score (nSPS) is 21.3. The molecule has 0 aliphatic carbocycles. The van der Waals surface area contributed by atoms with Crippen LogP contribution in [0.15, 0.2) is 36.4 Å². The Morgan fingerprint density at radius 1 is 1.14 bits per heavy atom. The summed E-state index contributed by atoms with van der Waals surface area (Å²) >= 11 is 0. The number of aromatic amines is 1. The number of halogens is 5. The summed E-state index contributed by atoms with van der Waals surface area (Å²) in [5, 5.41) is 13.2. The smallest absolute Gasteiger partial charge is 0.283 e. The SMILES string of the molecule is C[C@@H]1Cc2c([nH]c3ccc(F)cc23)[C@@H](c2ccc(NC3CN(CCCF)C3)cc2F)N1CC(F)(F)CO. The van der Waals surface area contributed by atoms with E-state index in [1.807, 2.05) is 0 Å². The molecular weight excluding hydrogens is 491 g/mol. The maximum atomic E-state index is 15.6. The molecule has 200 valence electrons. The Kier molecular flexibility index (Phi) is 7.17. The second-order valence-corrected chi connectivity index (χ2v) is 10.2. The van der Waals surface area contributed by atoms with Gasteiger partial charge in [-0.2, -0.15) is 0 Å². The summed E-state index contributed by atoms with van der Waals surface area (Å²) in [6.07, 6.45) is 0.864. The van der Waals surface area contributed by atoms with Crippen molar-refractivity contribution < 1.29 is 27.1 Å². The van der Waals surface area contributed by atoms with Gasteiger partial charge in [-0.1, -0.05) is 6.07 Å². The van der Waals surface area contributed by atoms with Gasteiger partial charge in [-0.15, -0.1) is 0 Å². The number of hydrogen-bond acceptors (Lipinski definition) is 4. The van der Waals surface area contributed by atoms with Crippen LogP contribution in [0.5, 0.6) is 0 Å². The number of aliphatic hydroxyl groups is 1. The molecule has 5 rings (SSSR count). The lowest BCUT2D eigenvalue weighted by Crippen LogP contribution is -2.54. The van der Waals surface area contributed by atoms with Gasteiger partial charge in [-0.25, -0.2) is 17.6 Å². The molecule has 0 spiro atoms. The first kappa shape index (κ1) is 25.9. The fourth-order valence-corrected chi connectivity index (χ4v) is 5.63. The Bertz CT molecular complexity index is 1260. The average Bonchev–Trinajstić information content (AvgIpc) is 3.18. The Labute approximate surface area is 212 Å². The molecule has 3 aromatic rings. The second-order valence-electron chi connectivity index (χ2n) is 10.2. The van der Waals surface area contributed by atoms with Crippen LogP contribution in [0.25, 0.3) is 10.9 Å². The molecule has 0 amide bonds. The van der Waals surface area contributed by atoms with Crippen molar-refractivity contribution in [2.75, 3.05) is 44.8 Å². The van der Waals surface area contributed by atoms with E-state index in [2.05, 4.69) is 15.2 Å². The van der Waals surface area contributed by atoms with Crippen LogP contribution in [-0.2, 0) is 6.42 Å². The summed E-state index contributed by atoms with van der Waals surface area (Å²) in [6, 6.07) is 7.84. The fourth-order valence-electron chi connectivity index (χ4n) is 5.63. The number of alkyl halides is 3. The number of nitrogens with zero attached hydrogens (tertiary/aromatic N) is 2. The Balaban J connectivity index is 1.47. The minimum atomic E-state index is -3.38. The summed E-state index contributed by atoms with van der Waals surface area (Å²) in [4.78, 5) is 6.85. The highest BCUT2D eigenvalue weighted by atomic mass is 19.3. The molecule has 0 unspecified atom stereocenters. The Morgan fingerprint density at radius 3 is 2.62 bits per heavy atom. The van der Waals surface area contributed by atoms with Gasteiger partial charge in [0.1, 0.15) is 18.2 Å². The van der Waals surface area contributed by atoms with E-state index < -0.39 is 42.8 Å². The van der Waals surface area contributed by atoms with Crippen LogP contribution in [0.2, 0.25) is 0 Å². The van der Waals surface area contributed by atoms with E-state index in [9.17, 15) is 22.7 Å². The van der Waals surface area contributed by atoms with Crippen molar-refractivity contribution in [3.05, 3.63) is 64.9 Å². The van der Waals surface area contributed by atoms with Crippen molar-refractivity contribution in [1.29, 1.82) is 0 Å². The molecule has 0 radical (unpaired) electrons. The molecule has 1 aromatic heterocycles. The van der Waals surface area contributed by atoms with E-state index in [4.69, 9.17) is 0 Å². The van der Waals surface area contributed by atoms with E-state index >= 15 is 4.39 Å². The number of benzene rings is 2. The molecule has 2 aliphatic heterocycles. The predicted octanol–water partition coefficient (Wildman–Crippen LogP) is 4.87. The topological polar surface area (TPSA) is 54.5 Å². The van der Waals surface area contributed by atoms with E-state index in [-0.39, 0.29) is 18.3 Å². The highest BCUT2D eigenvalue weighted by Gasteiger charge is 2.42. The first-order chi connectivity index (χ1) is 17.7. The maximum absolute atomic E-state index is 15.6. The lowest BCUT2D eigenvalue weighted by molar-refractivity contribution is -0.0866. The fraction of sp³-hybridized carbons (Fsp3) is 0.481. The standard InChI is InChI=1S/C27H31F5N4O/c1-16-9-22-21-10-17(29)3-6-24(21)34-25(22)26(36(16)14-27(31,32)15-37)20-5-4-18(11-23(20)30)33-19-12-35(13-19)8-2-7-28/h3-6,10-11,16,19,26,33-34,37H,2,7-9,12-15H2,1H3/t16-,26-/m1/s1. The van der Waals surface area contributed by atoms with Crippen LogP contribution in [0.1, 0.15) is 36.2 Å². The maximum Gasteiger partial charge on any atom is 0.283 e. The number of rotatable bonds is 9. The van der Waals surface area contributed by atoms with Gasteiger partial charge in [0.05, 0.1) is 25.3 Å². The zero-order valence-electron chi connectivity index (χ0n) is 20.6. The van der Waals surface area contributed by atoms with Crippen molar-refractivity contribution in [3.63, 3.8) is 0 Å². The molecule has 0 saturated carbocycles. The average molecular weight is 523 g/mol.